The Morgan fingerprint density at radius 1 is 1.06 bits per heavy atom. The van der Waals surface area contributed by atoms with Crippen LogP contribution in [0.15, 0.2) is 65.6 Å². The molecular formula is C20H13N5O2S3Se2. The van der Waals surface area contributed by atoms with Gasteiger partial charge >= 0.3 is 210 Å². The summed E-state index contributed by atoms with van der Waals surface area (Å²) in [5, 5.41) is 17.8. The molecule has 0 radical (unpaired) electrons. The van der Waals surface area contributed by atoms with Crippen molar-refractivity contribution in [2.24, 2.45) is 0 Å². The van der Waals surface area contributed by atoms with Gasteiger partial charge < -0.3 is 0 Å². The SMILES string of the molecule is O=[N+]([O-])c1ccc2c(c1)CN(c1nccs1)[Se]2.S=c1c2ccccc2[se]n1-c1nccs1. The number of hydrogen-bond donors (Lipinski definition) is 0. The van der Waals surface area contributed by atoms with Gasteiger partial charge in [0.2, 0.25) is 0 Å². The second-order valence-corrected chi connectivity index (χ2v) is 12.9. The third-order valence-corrected chi connectivity index (χ3v) is 11.9. The van der Waals surface area contributed by atoms with Crippen molar-refractivity contribution in [1.82, 2.24) is 13.5 Å². The third kappa shape index (κ3) is 4.35. The van der Waals surface area contributed by atoms with Gasteiger partial charge in [0.15, 0.2) is 0 Å². The molecule has 7 nitrogen and oxygen atoms in total. The van der Waals surface area contributed by atoms with Crippen molar-refractivity contribution in [3.05, 3.63) is 85.9 Å². The Kier molecular flexibility index (Phi) is 6.34. The molecule has 160 valence electrons. The fourth-order valence-electron chi connectivity index (χ4n) is 3.06. The van der Waals surface area contributed by atoms with E-state index < -0.39 is 0 Å². The Labute approximate surface area is 208 Å². The molecule has 2 aromatic carbocycles. The average molecular weight is 609 g/mol. The Morgan fingerprint density at radius 3 is 2.50 bits per heavy atom. The van der Waals surface area contributed by atoms with Crippen molar-refractivity contribution >= 4 is 89.7 Å². The van der Waals surface area contributed by atoms with E-state index in [0.29, 0.717) is 0 Å². The van der Waals surface area contributed by atoms with E-state index in [4.69, 9.17) is 12.2 Å². The maximum absolute atomic E-state index is 10.7. The number of nitro groups is 1. The van der Waals surface area contributed by atoms with E-state index in [1.54, 1.807) is 41.0 Å². The van der Waals surface area contributed by atoms with E-state index in [1.165, 1.54) is 14.1 Å². The molecule has 5 aromatic rings. The first-order chi connectivity index (χ1) is 15.6. The van der Waals surface area contributed by atoms with Gasteiger partial charge in [0.1, 0.15) is 0 Å². The number of thiazole rings is 2. The first-order valence-electron chi connectivity index (χ1n) is 9.23. The van der Waals surface area contributed by atoms with Gasteiger partial charge in [-0.15, -0.1) is 0 Å². The van der Waals surface area contributed by atoms with Gasteiger partial charge in [-0.2, -0.15) is 0 Å². The van der Waals surface area contributed by atoms with E-state index in [9.17, 15) is 10.1 Å². The average Bonchev–Trinajstić information content (AvgIpc) is 3.60. The van der Waals surface area contributed by atoms with Gasteiger partial charge in [0.25, 0.3) is 0 Å². The molecule has 32 heavy (non-hydrogen) atoms. The molecule has 6 rings (SSSR count). The zero-order valence-corrected chi connectivity index (χ0v) is 22.0. The van der Waals surface area contributed by atoms with Gasteiger partial charge in [0, 0.05) is 0 Å². The quantitative estimate of drug-likeness (QED) is 0.132. The summed E-state index contributed by atoms with van der Waals surface area (Å²) in [6, 6.07) is 13.4. The standard InChI is InChI=1S/C10H7N3O2SSe.C10H6N2S2Se/c14-13(15)8-1-2-9-7(5-8)6-12(17-9)10-11-3-4-16-10;13-9-7-3-1-2-4-8(7)15-12(9)10-11-5-6-14-10/h1-5H,6H2;1-6H. The summed E-state index contributed by atoms with van der Waals surface area (Å²) in [4.78, 5) is 18.9. The molecule has 0 saturated heterocycles. The Morgan fingerprint density at radius 2 is 1.81 bits per heavy atom. The Bertz CT molecular complexity index is 1450. The molecule has 12 heteroatoms. The molecule has 0 aliphatic carbocycles. The van der Waals surface area contributed by atoms with Gasteiger partial charge in [-0.05, 0) is 0 Å². The van der Waals surface area contributed by atoms with Crippen molar-refractivity contribution in [2.45, 2.75) is 6.54 Å². The zero-order valence-electron chi connectivity index (χ0n) is 16.2. The first-order valence-corrected chi connectivity index (χ1v) is 14.6. The summed E-state index contributed by atoms with van der Waals surface area (Å²) >= 11 is 9.13. The van der Waals surface area contributed by atoms with Crippen LogP contribution in [0.3, 0.4) is 0 Å². The molecule has 1 aliphatic rings. The van der Waals surface area contributed by atoms with Crippen LogP contribution >= 0.6 is 34.9 Å². The van der Waals surface area contributed by atoms with Gasteiger partial charge in [-0.1, -0.05) is 0 Å². The van der Waals surface area contributed by atoms with Crippen molar-refractivity contribution < 1.29 is 4.92 Å². The molecule has 0 N–H and O–H groups in total. The normalized spacial score (nSPS) is 12.4. The van der Waals surface area contributed by atoms with Crippen LogP contribution < -0.4 is 8.38 Å². The molecule has 0 amide bonds. The molecule has 0 bridgehead atoms. The summed E-state index contributed by atoms with van der Waals surface area (Å²) < 4.78 is 7.81. The van der Waals surface area contributed by atoms with E-state index in [-0.39, 0.29) is 40.5 Å². The van der Waals surface area contributed by atoms with Crippen LogP contribution in [-0.4, -0.2) is 48.4 Å². The van der Waals surface area contributed by atoms with E-state index in [0.717, 1.165) is 27.0 Å². The second kappa shape index (κ2) is 9.36. The van der Waals surface area contributed by atoms with Crippen molar-refractivity contribution in [2.75, 3.05) is 3.92 Å². The molecule has 1 aliphatic heterocycles. The monoisotopic (exact) mass is 611 g/mol. The first kappa shape index (κ1) is 21.7. The number of fused-ring (bicyclic) bond motifs is 2. The maximum atomic E-state index is 10.7. The molecule has 0 unspecified atom stereocenters. The number of aromatic nitrogens is 3. The van der Waals surface area contributed by atoms with E-state index >= 15 is 0 Å². The van der Waals surface area contributed by atoms with Crippen molar-refractivity contribution in [3.8, 4) is 5.13 Å². The van der Waals surface area contributed by atoms with Crippen LogP contribution in [0.5, 0.6) is 0 Å². The summed E-state index contributed by atoms with van der Waals surface area (Å²) in [5.74, 6) is 0. The molecular weight excluding hydrogens is 596 g/mol. The van der Waals surface area contributed by atoms with Crippen LogP contribution in [0.1, 0.15) is 5.56 Å². The van der Waals surface area contributed by atoms with E-state index in [2.05, 4.69) is 35.6 Å². The Hall–Kier alpha value is -2.17. The second-order valence-electron chi connectivity index (χ2n) is 6.49. The predicted octanol–water partition coefficient (Wildman–Crippen LogP) is 4.19. The molecule has 0 saturated carbocycles. The third-order valence-electron chi connectivity index (χ3n) is 4.49. The van der Waals surface area contributed by atoms with Crippen LogP contribution in [0.25, 0.3) is 14.8 Å². The molecule has 0 atom stereocenters. The molecule has 0 spiro atoms. The summed E-state index contributed by atoms with van der Waals surface area (Å²) in [7, 11) is 0. The summed E-state index contributed by atoms with van der Waals surface area (Å²) in [6.07, 6.45) is 3.60. The molecule has 3 aromatic heterocycles. The minimum absolute atomic E-state index is 0.167. The number of benzene rings is 2. The minimum atomic E-state index is -0.348. The number of rotatable bonds is 3. The number of hydrogen-bond acceptors (Lipinski definition) is 8. The van der Waals surface area contributed by atoms with Crippen LogP contribution in [0.4, 0.5) is 10.8 Å². The molecule has 0 fully saturated rings. The summed E-state index contributed by atoms with van der Waals surface area (Å²) in [6.45, 7) is 0.727. The topological polar surface area (TPSA) is 77.1 Å². The van der Waals surface area contributed by atoms with Gasteiger partial charge in [0.05, 0.1) is 0 Å². The fourth-order valence-corrected chi connectivity index (χ4v) is 9.61. The number of nitrogens with zero attached hydrogens (tertiary/aromatic N) is 5. The van der Waals surface area contributed by atoms with Crippen LogP contribution in [0, 0.1) is 14.8 Å². The number of nitro benzene ring substituents is 1. The van der Waals surface area contributed by atoms with Crippen LogP contribution in [0.2, 0.25) is 0 Å². The van der Waals surface area contributed by atoms with Crippen molar-refractivity contribution in [3.63, 3.8) is 0 Å². The van der Waals surface area contributed by atoms with Crippen molar-refractivity contribution in [1.29, 1.82) is 0 Å². The number of anilines is 1. The number of non-ortho nitro benzene ring substituents is 1. The Balaban J connectivity index is 0.000000136. The fraction of sp³-hybridized carbons (Fsp3) is 0.0500. The molecule has 4 heterocycles. The predicted molar refractivity (Wildman–Crippen MR) is 134 cm³/mol. The zero-order chi connectivity index (χ0) is 22.1. The van der Waals surface area contributed by atoms with E-state index in [1.807, 2.05) is 29.1 Å². The van der Waals surface area contributed by atoms with Gasteiger partial charge in [-0.3, -0.25) is 0 Å². The van der Waals surface area contributed by atoms with Gasteiger partial charge in [-0.25, -0.2) is 0 Å². The summed E-state index contributed by atoms with van der Waals surface area (Å²) in [5.41, 5.74) is 1.22. The van der Waals surface area contributed by atoms with Crippen LogP contribution in [-0.2, 0) is 6.54 Å².